The SMILES string of the molecule is CCOC(=O)[C@]12C[C@@H]1c1ccccc1C2=O. The third-order valence-electron chi connectivity index (χ3n) is 3.59. The van der Waals surface area contributed by atoms with Gasteiger partial charge in [-0.2, -0.15) is 0 Å². The molecule has 0 bridgehead atoms. The number of ether oxygens (including phenoxy) is 1. The van der Waals surface area contributed by atoms with Crippen molar-refractivity contribution in [1.82, 2.24) is 0 Å². The molecule has 3 nitrogen and oxygen atoms in total. The Labute approximate surface area is 93.4 Å². The van der Waals surface area contributed by atoms with Crippen LogP contribution in [0.2, 0.25) is 0 Å². The molecule has 1 fully saturated rings. The fourth-order valence-electron chi connectivity index (χ4n) is 2.72. The first-order valence-electron chi connectivity index (χ1n) is 5.52. The molecule has 82 valence electrons. The maximum Gasteiger partial charge on any atom is 0.320 e. The van der Waals surface area contributed by atoms with Gasteiger partial charge in [0.15, 0.2) is 5.78 Å². The summed E-state index contributed by atoms with van der Waals surface area (Å²) in [6.07, 6.45) is 0.627. The lowest BCUT2D eigenvalue weighted by Gasteiger charge is -2.09. The van der Waals surface area contributed by atoms with E-state index in [4.69, 9.17) is 4.74 Å². The maximum absolute atomic E-state index is 12.2. The van der Waals surface area contributed by atoms with Crippen LogP contribution in [0.25, 0.3) is 0 Å². The standard InChI is InChI=1S/C13H12O3/c1-2-16-12(15)13-7-10(13)8-5-3-4-6-9(8)11(13)14/h3-6,10H,2,7H2,1H3/t10-,13-/m1/s1. The van der Waals surface area contributed by atoms with Crippen molar-refractivity contribution in [3.05, 3.63) is 35.4 Å². The number of hydrogen-bond acceptors (Lipinski definition) is 3. The quantitative estimate of drug-likeness (QED) is 0.560. The zero-order valence-corrected chi connectivity index (χ0v) is 9.03. The minimum absolute atomic E-state index is 0.0495. The highest BCUT2D eigenvalue weighted by atomic mass is 16.5. The molecule has 3 rings (SSSR count). The molecule has 0 aromatic heterocycles. The Kier molecular flexibility index (Phi) is 1.76. The van der Waals surface area contributed by atoms with Crippen molar-refractivity contribution in [2.24, 2.45) is 5.41 Å². The summed E-state index contributed by atoms with van der Waals surface area (Å²) in [6.45, 7) is 2.09. The van der Waals surface area contributed by atoms with Gasteiger partial charge in [0, 0.05) is 11.5 Å². The Bertz CT molecular complexity index is 492. The first kappa shape index (κ1) is 9.58. The zero-order valence-electron chi connectivity index (χ0n) is 9.03. The Morgan fingerprint density at radius 3 is 2.94 bits per heavy atom. The molecule has 0 heterocycles. The molecule has 16 heavy (non-hydrogen) atoms. The van der Waals surface area contributed by atoms with Crippen molar-refractivity contribution < 1.29 is 14.3 Å². The first-order valence-corrected chi connectivity index (χ1v) is 5.52. The van der Waals surface area contributed by atoms with Gasteiger partial charge >= 0.3 is 5.97 Å². The van der Waals surface area contributed by atoms with Crippen molar-refractivity contribution in [2.75, 3.05) is 6.61 Å². The van der Waals surface area contributed by atoms with E-state index in [1.54, 1.807) is 13.0 Å². The first-order chi connectivity index (χ1) is 7.71. The van der Waals surface area contributed by atoms with Gasteiger partial charge < -0.3 is 4.74 Å². The Morgan fingerprint density at radius 2 is 2.25 bits per heavy atom. The van der Waals surface area contributed by atoms with Gasteiger partial charge in [-0.15, -0.1) is 0 Å². The summed E-state index contributed by atoms with van der Waals surface area (Å²) in [7, 11) is 0. The normalized spacial score (nSPS) is 29.6. The number of carbonyl (C=O) groups is 2. The summed E-state index contributed by atoms with van der Waals surface area (Å²) in [5.74, 6) is -0.331. The molecule has 0 spiro atoms. The van der Waals surface area contributed by atoms with Crippen molar-refractivity contribution in [3.8, 4) is 0 Å². The number of Topliss-reactive ketones (excluding diaryl/α,β-unsaturated/α-hetero) is 1. The average Bonchev–Trinajstić information content (AvgIpc) is 3.00. The van der Waals surface area contributed by atoms with Gasteiger partial charge in [0.05, 0.1) is 6.61 Å². The number of fused-ring (bicyclic) bond motifs is 3. The summed E-state index contributed by atoms with van der Waals surface area (Å²) in [6, 6.07) is 7.47. The second-order valence-electron chi connectivity index (χ2n) is 4.36. The molecule has 0 unspecified atom stereocenters. The van der Waals surface area contributed by atoms with Gasteiger partial charge in [0.2, 0.25) is 0 Å². The number of carbonyl (C=O) groups excluding carboxylic acids is 2. The Hall–Kier alpha value is -1.64. The molecule has 0 N–H and O–H groups in total. The van der Waals surface area contributed by atoms with Crippen LogP contribution in [0.15, 0.2) is 24.3 Å². The van der Waals surface area contributed by atoms with E-state index < -0.39 is 5.41 Å². The molecule has 1 aromatic rings. The van der Waals surface area contributed by atoms with Gasteiger partial charge in [-0.3, -0.25) is 9.59 Å². The number of benzene rings is 1. The van der Waals surface area contributed by atoms with Crippen LogP contribution in [-0.4, -0.2) is 18.4 Å². The van der Waals surface area contributed by atoms with Crippen LogP contribution in [0.1, 0.15) is 35.2 Å². The predicted octanol–water partition coefficient (Wildman–Crippen LogP) is 1.92. The van der Waals surface area contributed by atoms with E-state index in [2.05, 4.69) is 0 Å². The highest BCUT2D eigenvalue weighted by Gasteiger charge is 2.71. The topological polar surface area (TPSA) is 43.4 Å². The summed E-state index contributed by atoms with van der Waals surface area (Å²) < 4.78 is 5.01. The largest absolute Gasteiger partial charge is 0.465 e. The smallest absolute Gasteiger partial charge is 0.320 e. The van der Waals surface area contributed by atoms with Gasteiger partial charge in [-0.25, -0.2) is 0 Å². The number of esters is 1. The molecular formula is C13H12O3. The van der Waals surface area contributed by atoms with E-state index in [1.807, 2.05) is 18.2 Å². The number of ketones is 1. The molecular weight excluding hydrogens is 204 g/mol. The molecule has 3 heteroatoms. The summed E-state index contributed by atoms with van der Waals surface area (Å²) in [5.41, 5.74) is 0.854. The van der Waals surface area contributed by atoms with Crippen molar-refractivity contribution in [1.29, 1.82) is 0 Å². The van der Waals surface area contributed by atoms with E-state index in [9.17, 15) is 9.59 Å². The third-order valence-corrected chi connectivity index (χ3v) is 3.59. The second-order valence-corrected chi connectivity index (χ2v) is 4.36. The molecule has 2 aliphatic rings. The van der Waals surface area contributed by atoms with Crippen LogP contribution in [0.5, 0.6) is 0 Å². The number of hydrogen-bond donors (Lipinski definition) is 0. The molecule has 0 radical (unpaired) electrons. The molecule has 0 amide bonds. The molecule has 0 aliphatic heterocycles. The van der Waals surface area contributed by atoms with E-state index in [1.165, 1.54) is 0 Å². The summed E-state index contributed by atoms with van der Waals surface area (Å²) in [4.78, 5) is 24.0. The summed E-state index contributed by atoms with van der Waals surface area (Å²) >= 11 is 0. The van der Waals surface area contributed by atoms with Crippen LogP contribution in [0.4, 0.5) is 0 Å². The van der Waals surface area contributed by atoms with Crippen molar-refractivity contribution in [2.45, 2.75) is 19.3 Å². The van der Waals surface area contributed by atoms with Gasteiger partial charge in [-0.1, -0.05) is 24.3 Å². The van der Waals surface area contributed by atoms with E-state index in [0.717, 1.165) is 5.56 Å². The lowest BCUT2D eigenvalue weighted by atomic mass is 9.99. The Balaban J connectivity index is 2.02. The molecule has 1 saturated carbocycles. The zero-order chi connectivity index (χ0) is 11.3. The monoisotopic (exact) mass is 216 g/mol. The Morgan fingerprint density at radius 1 is 1.50 bits per heavy atom. The fraction of sp³-hybridized carbons (Fsp3) is 0.385. The van der Waals surface area contributed by atoms with Crippen molar-refractivity contribution in [3.63, 3.8) is 0 Å². The fourth-order valence-corrected chi connectivity index (χ4v) is 2.72. The third kappa shape index (κ3) is 0.932. The molecule has 0 saturated heterocycles. The highest BCUT2D eigenvalue weighted by molar-refractivity contribution is 6.20. The van der Waals surface area contributed by atoms with Crippen LogP contribution in [0, 0.1) is 5.41 Å². The van der Waals surface area contributed by atoms with Crippen LogP contribution in [0.3, 0.4) is 0 Å². The van der Waals surface area contributed by atoms with Gasteiger partial charge in [0.1, 0.15) is 5.41 Å². The van der Waals surface area contributed by atoms with Crippen molar-refractivity contribution >= 4 is 11.8 Å². The van der Waals surface area contributed by atoms with Crippen LogP contribution in [-0.2, 0) is 9.53 Å². The van der Waals surface area contributed by atoms with E-state index in [0.29, 0.717) is 18.6 Å². The summed E-state index contributed by atoms with van der Waals surface area (Å²) in [5, 5.41) is 0. The highest BCUT2D eigenvalue weighted by Crippen LogP contribution is 2.66. The van der Waals surface area contributed by atoms with E-state index in [-0.39, 0.29) is 17.7 Å². The van der Waals surface area contributed by atoms with Gasteiger partial charge in [-0.05, 0) is 18.9 Å². The molecule has 2 atom stereocenters. The van der Waals surface area contributed by atoms with Crippen LogP contribution < -0.4 is 0 Å². The minimum Gasteiger partial charge on any atom is -0.465 e. The lowest BCUT2D eigenvalue weighted by Crippen LogP contribution is -2.26. The van der Waals surface area contributed by atoms with Crippen LogP contribution >= 0.6 is 0 Å². The molecule has 1 aromatic carbocycles. The van der Waals surface area contributed by atoms with Gasteiger partial charge in [0.25, 0.3) is 0 Å². The van der Waals surface area contributed by atoms with E-state index >= 15 is 0 Å². The minimum atomic E-state index is -0.861. The molecule has 2 aliphatic carbocycles. The second kappa shape index (κ2) is 2.94. The maximum atomic E-state index is 12.2. The number of rotatable bonds is 2. The predicted molar refractivity (Wildman–Crippen MR) is 57.2 cm³/mol. The lowest BCUT2D eigenvalue weighted by molar-refractivity contribution is -0.147. The average molecular weight is 216 g/mol.